The van der Waals surface area contributed by atoms with Gasteiger partial charge in [-0.2, -0.15) is 4.31 Å². The SMILES string of the molecule is CC1CN(S(=O)(=O)c2cc(Cl)ccc2OCC(N)=O)CCN1.Cl. The molecule has 1 aliphatic heterocycles. The molecule has 1 atom stereocenters. The van der Waals surface area contributed by atoms with E-state index in [1.807, 2.05) is 6.92 Å². The van der Waals surface area contributed by atoms with Crippen molar-refractivity contribution in [2.45, 2.75) is 17.9 Å². The lowest BCUT2D eigenvalue weighted by Gasteiger charge is -2.31. The van der Waals surface area contributed by atoms with Crippen molar-refractivity contribution >= 4 is 39.9 Å². The maximum atomic E-state index is 12.8. The van der Waals surface area contributed by atoms with Gasteiger partial charge in [0.15, 0.2) is 6.61 Å². The number of nitrogens with zero attached hydrogens (tertiary/aromatic N) is 1. The van der Waals surface area contributed by atoms with Crippen LogP contribution in [0.3, 0.4) is 0 Å². The van der Waals surface area contributed by atoms with Gasteiger partial charge in [0.2, 0.25) is 10.0 Å². The molecule has 1 aromatic carbocycles. The second-order valence-electron chi connectivity index (χ2n) is 5.06. The van der Waals surface area contributed by atoms with Crippen molar-refractivity contribution in [2.24, 2.45) is 5.73 Å². The van der Waals surface area contributed by atoms with Crippen LogP contribution >= 0.6 is 24.0 Å². The molecule has 1 unspecified atom stereocenters. The van der Waals surface area contributed by atoms with E-state index in [1.165, 1.54) is 22.5 Å². The fraction of sp³-hybridized carbons (Fsp3) is 0.462. The van der Waals surface area contributed by atoms with Gasteiger partial charge in [-0.25, -0.2) is 8.42 Å². The highest BCUT2D eigenvalue weighted by atomic mass is 35.5. The van der Waals surface area contributed by atoms with E-state index < -0.39 is 22.5 Å². The Hall–Kier alpha value is -1.06. The molecule has 0 spiro atoms. The smallest absolute Gasteiger partial charge is 0.255 e. The van der Waals surface area contributed by atoms with Gasteiger partial charge in [-0.05, 0) is 25.1 Å². The summed E-state index contributed by atoms with van der Waals surface area (Å²) < 4.78 is 32.2. The number of carbonyl (C=O) groups excluding carboxylic acids is 1. The number of sulfonamides is 1. The number of carbonyl (C=O) groups is 1. The first-order valence-electron chi connectivity index (χ1n) is 6.75. The topological polar surface area (TPSA) is 102 Å². The molecule has 2 rings (SSSR count). The van der Waals surface area contributed by atoms with Crippen LogP contribution in [0.4, 0.5) is 0 Å². The number of hydrogen-bond donors (Lipinski definition) is 2. The van der Waals surface area contributed by atoms with E-state index in [4.69, 9.17) is 22.1 Å². The number of primary amides is 1. The molecule has 1 saturated heterocycles. The number of rotatable bonds is 5. The molecule has 1 aliphatic rings. The Morgan fingerprint density at radius 3 is 2.83 bits per heavy atom. The Bertz CT molecular complexity index is 669. The summed E-state index contributed by atoms with van der Waals surface area (Å²) in [6.45, 7) is 2.78. The van der Waals surface area contributed by atoms with E-state index in [1.54, 1.807) is 0 Å². The number of halogens is 2. The van der Waals surface area contributed by atoms with E-state index >= 15 is 0 Å². The Kier molecular flexibility index (Phi) is 7.09. The predicted molar refractivity (Wildman–Crippen MR) is 89.6 cm³/mol. The zero-order valence-corrected chi connectivity index (χ0v) is 14.9. The maximum absolute atomic E-state index is 12.8. The molecular formula is C13H19Cl2N3O4S. The number of nitrogens with two attached hydrogens (primary N) is 1. The molecule has 130 valence electrons. The molecule has 1 fully saturated rings. The van der Waals surface area contributed by atoms with Gasteiger partial charge in [0.1, 0.15) is 10.6 Å². The lowest BCUT2D eigenvalue weighted by molar-refractivity contribution is -0.120. The number of nitrogens with one attached hydrogen (secondary N) is 1. The van der Waals surface area contributed by atoms with Gasteiger partial charge >= 0.3 is 0 Å². The fourth-order valence-corrected chi connectivity index (χ4v) is 4.13. The van der Waals surface area contributed by atoms with Crippen LogP contribution in [-0.2, 0) is 14.8 Å². The Morgan fingerprint density at radius 1 is 1.52 bits per heavy atom. The number of piperazine rings is 1. The van der Waals surface area contributed by atoms with Crippen LogP contribution in [0.5, 0.6) is 5.75 Å². The van der Waals surface area contributed by atoms with Crippen molar-refractivity contribution in [3.8, 4) is 5.75 Å². The summed E-state index contributed by atoms with van der Waals surface area (Å²) in [4.78, 5) is 10.8. The molecule has 0 bridgehead atoms. The van der Waals surface area contributed by atoms with Gasteiger partial charge in [-0.1, -0.05) is 11.6 Å². The lowest BCUT2D eigenvalue weighted by atomic mass is 10.3. The second kappa shape index (κ2) is 8.16. The highest BCUT2D eigenvalue weighted by molar-refractivity contribution is 7.89. The number of amides is 1. The maximum Gasteiger partial charge on any atom is 0.255 e. The highest BCUT2D eigenvalue weighted by Crippen LogP contribution is 2.30. The van der Waals surface area contributed by atoms with Crippen molar-refractivity contribution in [1.82, 2.24) is 9.62 Å². The molecule has 0 saturated carbocycles. The number of hydrogen-bond acceptors (Lipinski definition) is 5. The summed E-state index contributed by atoms with van der Waals surface area (Å²) in [5.74, 6) is -0.622. The molecule has 0 aliphatic carbocycles. The van der Waals surface area contributed by atoms with Gasteiger partial charge in [0, 0.05) is 30.7 Å². The summed E-state index contributed by atoms with van der Waals surface area (Å²) in [5.41, 5.74) is 5.03. The normalized spacial score (nSPS) is 19.0. The molecule has 7 nitrogen and oxygen atoms in total. The van der Waals surface area contributed by atoms with Crippen molar-refractivity contribution < 1.29 is 17.9 Å². The van der Waals surface area contributed by atoms with Crippen LogP contribution in [0.1, 0.15) is 6.92 Å². The highest BCUT2D eigenvalue weighted by Gasteiger charge is 2.31. The first kappa shape index (κ1) is 20.0. The van der Waals surface area contributed by atoms with Crippen molar-refractivity contribution in [2.75, 3.05) is 26.2 Å². The van der Waals surface area contributed by atoms with Gasteiger partial charge in [-0.15, -0.1) is 12.4 Å². The predicted octanol–water partition coefficient (Wildman–Crippen LogP) is 0.608. The number of benzene rings is 1. The fourth-order valence-electron chi connectivity index (χ4n) is 2.21. The van der Waals surface area contributed by atoms with E-state index in [2.05, 4.69) is 5.32 Å². The summed E-state index contributed by atoms with van der Waals surface area (Å²) in [6.07, 6.45) is 0. The molecule has 10 heteroatoms. The first-order valence-corrected chi connectivity index (χ1v) is 8.56. The average Bonchev–Trinajstić information content (AvgIpc) is 2.45. The van der Waals surface area contributed by atoms with Crippen LogP contribution < -0.4 is 15.8 Å². The Morgan fingerprint density at radius 2 is 2.22 bits per heavy atom. The first-order chi connectivity index (χ1) is 10.3. The Labute approximate surface area is 146 Å². The zero-order valence-electron chi connectivity index (χ0n) is 12.5. The molecule has 1 heterocycles. The summed E-state index contributed by atoms with van der Waals surface area (Å²) in [5, 5.41) is 3.45. The van der Waals surface area contributed by atoms with Gasteiger partial charge in [0.05, 0.1) is 0 Å². The summed E-state index contributed by atoms with van der Waals surface area (Å²) >= 11 is 5.91. The van der Waals surface area contributed by atoms with Gasteiger partial charge in [0.25, 0.3) is 5.91 Å². The number of ether oxygens (including phenoxy) is 1. The summed E-state index contributed by atoms with van der Waals surface area (Å²) in [6, 6.07) is 4.29. The molecule has 0 aromatic heterocycles. The molecule has 23 heavy (non-hydrogen) atoms. The van der Waals surface area contributed by atoms with Crippen molar-refractivity contribution in [1.29, 1.82) is 0 Å². The molecule has 0 radical (unpaired) electrons. The quantitative estimate of drug-likeness (QED) is 0.775. The lowest BCUT2D eigenvalue weighted by Crippen LogP contribution is -2.51. The molecule has 1 amide bonds. The van der Waals surface area contributed by atoms with Crippen LogP contribution in [-0.4, -0.2) is 50.9 Å². The standard InChI is InChI=1S/C13H18ClN3O4S.ClH/c1-9-7-17(5-4-16-9)22(19,20)12-6-10(14)2-3-11(12)21-8-13(15)18;/h2-3,6,9,16H,4-5,7-8H2,1H3,(H2,15,18);1H. The largest absolute Gasteiger partial charge is 0.482 e. The van der Waals surface area contributed by atoms with Gasteiger partial charge < -0.3 is 15.8 Å². The third kappa shape index (κ3) is 4.95. The average molecular weight is 384 g/mol. The molecular weight excluding hydrogens is 365 g/mol. The van der Waals surface area contributed by atoms with Crippen LogP contribution in [0.25, 0.3) is 0 Å². The minimum Gasteiger partial charge on any atom is -0.482 e. The minimum absolute atomic E-state index is 0. The minimum atomic E-state index is -3.76. The summed E-state index contributed by atoms with van der Waals surface area (Å²) in [7, 11) is -3.76. The van der Waals surface area contributed by atoms with Crippen molar-refractivity contribution in [3.63, 3.8) is 0 Å². The van der Waals surface area contributed by atoms with E-state index in [0.717, 1.165) is 0 Å². The third-order valence-corrected chi connectivity index (χ3v) is 5.35. The van der Waals surface area contributed by atoms with Gasteiger partial charge in [-0.3, -0.25) is 4.79 Å². The monoisotopic (exact) mass is 383 g/mol. The van der Waals surface area contributed by atoms with E-state index in [9.17, 15) is 13.2 Å². The van der Waals surface area contributed by atoms with Crippen molar-refractivity contribution in [3.05, 3.63) is 23.2 Å². The second-order valence-corrected chi connectivity index (χ2v) is 7.41. The van der Waals surface area contributed by atoms with E-state index in [0.29, 0.717) is 19.6 Å². The van der Waals surface area contributed by atoms with E-state index in [-0.39, 0.29) is 34.1 Å². The van der Waals surface area contributed by atoms with Crippen LogP contribution in [0.15, 0.2) is 23.1 Å². The molecule has 1 aromatic rings. The Balaban J connectivity index is 0.00000264. The van der Waals surface area contributed by atoms with Crippen LogP contribution in [0, 0.1) is 0 Å². The van der Waals surface area contributed by atoms with Crippen LogP contribution in [0.2, 0.25) is 5.02 Å². The third-order valence-electron chi connectivity index (χ3n) is 3.23. The molecule has 3 N–H and O–H groups in total. The zero-order chi connectivity index (χ0) is 16.3.